The Morgan fingerprint density at radius 1 is 1.14 bits per heavy atom. The van der Waals surface area contributed by atoms with Gasteiger partial charge in [-0.25, -0.2) is 8.42 Å². The number of sulfonamides is 1. The molecule has 0 aliphatic heterocycles. The van der Waals surface area contributed by atoms with Crippen LogP contribution in [0.2, 0.25) is 0 Å². The van der Waals surface area contributed by atoms with Crippen molar-refractivity contribution in [2.24, 2.45) is 5.92 Å². The van der Waals surface area contributed by atoms with Crippen LogP contribution in [0.4, 0.5) is 5.69 Å². The van der Waals surface area contributed by atoms with Gasteiger partial charge < -0.3 is 4.90 Å². The fourth-order valence-electron chi connectivity index (χ4n) is 3.25. The van der Waals surface area contributed by atoms with Crippen LogP contribution in [-0.2, 0) is 10.0 Å². The molecule has 0 atom stereocenters. The highest BCUT2D eigenvalue weighted by Crippen LogP contribution is 2.30. The normalized spacial score (nSPS) is 14.0. The third kappa shape index (κ3) is 4.93. The summed E-state index contributed by atoms with van der Waals surface area (Å²) in [5.74, 6) is 0.504. The molecule has 1 N–H and O–H groups in total. The molecule has 5 nitrogen and oxygen atoms in total. The van der Waals surface area contributed by atoms with Gasteiger partial charge in [-0.1, -0.05) is 25.1 Å². The van der Waals surface area contributed by atoms with E-state index in [9.17, 15) is 13.2 Å². The van der Waals surface area contributed by atoms with Crippen LogP contribution in [0.5, 0.6) is 0 Å². The Labute approximate surface area is 167 Å². The minimum atomic E-state index is -3.77. The zero-order valence-corrected chi connectivity index (χ0v) is 17.6. The highest BCUT2D eigenvalue weighted by atomic mass is 32.2. The lowest BCUT2D eigenvalue weighted by atomic mass is 10.1. The Morgan fingerprint density at radius 3 is 2.54 bits per heavy atom. The molecule has 1 amide bonds. The second kappa shape index (κ2) is 8.35. The number of nitrogens with zero attached hydrogens (tertiary/aromatic N) is 1. The van der Waals surface area contributed by atoms with Crippen LogP contribution in [0.1, 0.15) is 47.7 Å². The van der Waals surface area contributed by atoms with Gasteiger partial charge in [0.05, 0.1) is 4.90 Å². The highest BCUT2D eigenvalue weighted by molar-refractivity contribution is 7.92. The van der Waals surface area contributed by atoms with Crippen LogP contribution in [-0.4, -0.2) is 32.3 Å². The summed E-state index contributed by atoms with van der Waals surface area (Å²) in [6, 6.07) is 12.0. The zero-order valence-electron chi connectivity index (χ0n) is 16.7. The van der Waals surface area contributed by atoms with Gasteiger partial charge in [0.1, 0.15) is 0 Å². The van der Waals surface area contributed by atoms with Gasteiger partial charge in [0.15, 0.2) is 0 Å². The first kappa shape index (κ1) is 20.4. The van der Waals surface area contributed by atoms with Crippen molar-refractivity contribution in [3.05, 3.63) is 59.2 Å². The van der Waals surface area contributed by atoms with E-state index in [0.29, 0.717) is 23.7 Å². The molecule has 0 saturated heterocycles. The average molecular weight is 401 g/mol. The van der Waals surface area contributed by atoms with Crippen molar-refractivity contribution in [3.63, 3.8) is 0 Å². The second-order valence-corrected chi connectivity index (χ2v) is 9.33. The molecule has 0 heterocycles. The number of hydrogen-bond acceptors (Lipinski definition) is 3. The van der Waals surface area contributed by atoms with Crippen LogP contribution in [0.3, 0.4) is 0 Å². The van der Waals surface area contributed by atoms with E-state index in [-0.39, 0.29) is 10.8 Å². The van der Waals surface area contributed by atoms with Crippen molar-refractivity contribution in [2.45, 2.75) is 44.9 Å². The number of benzene rings is 2. The minimum absolute atomic E-state index is 0.0844. The van der Waals surface area contributed by atoms with E-state index in [2.05, 4.69) is 4.72 Å². The minimum Gasteiger partial charge on any atom is -0.338 e. The number of rotatable bonds is 8. The molecule has 0 unspecified atom stereocenters. The quantitative estimate of drug-likeness (QED) is 0.716. The van der Waals surface area contributed by atoms with E-state index in [1.54, 1.807) is 30.3 Å². The molecule has 3 rings (SSSR count). The van der Waals surface area contributed by atoms with E-state index in [1.165, 1.54) is 18.9 Å². The average Bonchev–Trinajstić information content (AvgIpc) is 3.45. The van der Waals surface area contributed by atoms with E-state index in [4.69, 9.17) is 0 Å². The Balaban J connectivity index is 1.88. The number of nitrogens with one attached hydrogen (secondary N) is 1. The van der Waals surface area contributed by atoms with Crippen molar-refractivity contribution in [3.8, 4) is 0 Å². The first-order valence-corrected chi connectivity index (χ1v) is 11.3. The van der Waals surface area contributed by atoms with Crippen LogP contribution in [0.15, 0.2) is 47.4 Å². The Morgan fingerprint density at radius 2 is 1.89 bits per heavy atom. The van der Waals surface area contributed by atoms with Crippen molar-refractivity contribution < 1.29 is 13.2 Å². The molecule has 150 valence electrons. The van der Waals surface area contributed by atoms with Gasteiger partial charge >= 0.3 is 0 Å². The fourth-order valence-corrected chi connectivity index (χ4v) is 4.32. The van der Waals surface area contributed by atoms with Gasteiger partial charge in [-0.3, -0.25) is 9.52 Å². The maximum atomic E-state index is 13.1. The zero-order chi connectivity index (χ0) is 20.3. The molecule has 0 radical (unpaired) electrons. The molecule has 0 spiro atoms. The van der Waals surface area contributed by atoms with E-state index in [1.807, 2.05) is 31.7 Å². The predicted molar refractivity (Wildman–Crippen MR) is 112 cm³/mol. The number of amides is 1. The smallest absolute Gasteiger partial charge is 0.261 e. The van der Waals surface area contributed by atoms with Crippen LogP contribution in [0, 0.1) is 19.8 Å². The summed E-state index contributed by atoms with van der Waals surface area (Å²) in [5, 5.41) is 0. The molecule has 2 aromatic rings. The maximum absolute atomic E-state index is 13.1. The Hall–Kier alpha value is -2.34. The molecule has 6 heteroatoms. The van der Waals surface area contributed by atoms with E-state index < -0.39 is 10.0 Å². The lowest BCUT2D eigenvalue weighted by Gasteiger charge is -2.23. The summed E-state index contributed by atoms with van der Waals surface area (Å²) in [7, 11) is -3.77. The molecule has 1 aliphatic rings. The summed E-state index contributed by atoms with van der Waals surface area (Å²) in [6.07, 6.45) is 3.22. The SMILES string of the molecule is CCCN(CC1CC1)C(=O)c1cc(S(=O)(=O)Nc2cccc(C)c2)ccc1C. The topological polar surface area (TPSA) is 66.5 Å². The standard InChI is InChI=1S/C22H28N2O3S/c1-4-12-24(15-18-9-10-18)22(25)21-14-20(11-8-17(21)3)28(26,27)23-19-7-5-6-16(2)13-19/h5-8,11,13-14,18,23H,4,9-10,12,15H2,1-3H3. The van der Waals surface area contributed by atoms with Gasteiger partial charge in [-0.05, 0) is 74.4 Å². The second-order valence-electron chi connectivity index (χ2n) is 7.65. The van der Waals surface area contributed by atoms with Crippen LogP contribution >= 0.6 is 0 Å². The number of aryl methyl sites for hydroxylation is 2. The van der Waals surface area contributed by atoms with Gasteiger partial charge in [0.25, 0.3) is 15.9 Å². The molecule has 1 fully saturated rings. The molecule has 1 aliphatic carbocycles. The van der Waals surface area contributed by atoms with Crippen molar-refractivity contribution in [1.82, 2.24) is 4.90 Å². The van der Waals surface area contributed by atoms with E-state index in [0.717, 1.165) is 24.1 Å². The monoisotopic (exact) mass is 400 g/mol. The van der Waals surface area contributed by atoms with Crippen molar-refractivity contribution in [1.29, 1.82) is 0 Å². The van der Waals surface area contributed by atoms with Crippen molar-refractivity contribution in [2.75, 3.05) is 17.8 Å². The highest BCUT2D eigenvalue weighted by Gasteiger charge is 2.28. The number of carbonyl (C=O) groups excluding carboxylic acids is 1. The third-order valence-electron chi connectivity index (χ3n) is 4.98. The summed E-state index contributed by atoms with van der Waals surface area (Å²) >= 11 is 0. The molecular weight excluding hydrogens is 372 g/mol. The first-order valence-electron chi connectivity index (χ1n) is 9.79. The maximum Gasteiger partial charge on any atom is 0.261 e. The number of hydrogen-bond donors (Lipinski definition) is 1. The summed E-state index contributed by atoms with van der Waals surface area (Å²) in [5.41, 5.74) is 2.72. The molecule has 28 heavy (non-hydrogen) atoms. The molecule has 2 aromatic carbocycles. The molecular formula is C22H28N2O3S. The molecule has 0 bridgehead atoms. The van der Waals surface area contributed by atoms with Gasteiger partial charge in [0, 0.05) is 24.3 Å². The van der Waals surface area contributed by atoms with Gasteiger partial charge in [-0.2, -0.15) is 0 Å². The number of anilines is 1. The van der Waals surface area contributed by atoms with Gasteiger partial charge in [0.2, 0.25) is 0 Å². The van der Waals surface area contributed by atoms with Crippen molar-refractivity contribution >= 4 is 21.6 Å². The largest absolute Gasteiger partial charge is 0.338 e. The van der Waals surface area contributed by atoms with E-state index >= 15 is 0 Å². The molecule has 0 aromatic heterocycles. The predicted octanol–water partition coefficient (Wildman–Crippen LogP) is 4.37. The van der Waals surface area contributed by atoms with Crippen LogP contribution < -0.4 is 4.72 Å². The Bertz CT molecular complexity index is 965. The lowest BCUT2D eigenvalue weighted by molar-refractivity contribution is 0.0746. The summed E-state index contributed by atoms with van der Waals surface area (Å²) < 4.78 is 28.3. The lowest BCUT2D eigenvalue weighted by Crippen LogP contribution is -2.34. The van der Waals surface area contributed by atoms with Gasteiger partial charge in [-0.15, -0.1) is 0 Å². The third-order valence-corrected chi connectivity index (χ3v) is 6.36. The Kier molecular flexibility index (Phi) is 6.08. The fraction of sp³-hybridized carbons (Fsp3) is 0.409. The summed E-state index contributed by atoms with van der Waals surface area (Å²) in [4.78, 5) is 15.1. The van der Waals surface area contributed by atoms with Crippen LogP contribution in [0.25, 0.3) is 0 Å². The number of carbonyl (C=O) groups is 1. The first-order chi connectivity index (χ1) is 13.3. The summed E-state index contributed by atoms with van der Waals surface area (Å²) in [6.45, 7) is 7.24. The molecule has 1 saturated carbocycles.